The zero-order chi connectivity index (χ0) is 25.1. The lowest BCUT2D eigenvalue weighted by atomic mass is 9.91. The van der Waals surface area contributed by atoms with Crippen LogP contribution < -0.4 is 0 Å². The van der Waals surface area contributed by atoms with Crippen molar-refractivity contribution in [3.63, 3.8) is 0 Å². The van der Waals surface area contributed by atoms with Gasteiger partial charge in [-0.2, -0.15) is 0 Å². The van der Waals surface area contributed by atoms with Gasteiger partial charge in [-0.25, -0.2) is 0 Å². The molecule has 2 aliphatic rings. The lowest BCUT2D eigenvalue weighted by Crippen LogP contribution is -2.59. The molecule has 2 atom stereocenters. The van der Waals surface area contributed by atoms with E-state index in [1.165, 1.54) is 11.1 Å². The number of nitrogens with zero attached hydrogens (tertiary/aromatic N) is 3. The van der Waals surface area contributed by atoms with Crippen molar-refractivity contribution < 1.29 is 9.59 Å². The minimum Gasteiger partial charge on any atom is -0.343 e. The Morgan fingerprint density at radius 3 is 1.74 bits per heavy atom. The number of carbonyl (C=O) groups is 2. The lowest BCUT2D eigenvalue weighted by Gasteiger charge is -2.48. The molecule has 0 bridgehead atoms. The second-order valence-electron chi connectivity index (χ2n) is 10.1. The van der Waals surface area contributed by atoms with Crippen LogP contribution in [0.2, 0.25) is 10.0 Å². The Morgan fingerprint density at radius 2 is 1.31 bits per heavy atom. The van der Waals surface area contributed by atoms with E-state index in [-0.39, 0.29) is 29.9 Å². The van der Waals surface area contributed by atoms with Gasteiger partial charge in [0, 0.05) is 61.7 Å². The van der Waals surface area contributed by atoms with Crippen LogP contribution in [0.1, 0.15) is 57.2 Å². The summed E-state index contributed by atoms with van der Waals surface area (Å²) >= 11 is 12.4. The number of likely N-dealkylation sites (tertiary alicyclic amines) is 1. The molecule has 2 saturated heterocycles. The molecule has 35 heavy (non-hydrogen) atoms. The highest BCUT2D eigenvalue weighted by Gasteiger charge is 2.37. The van der Waals surface area contributed by atoms with E-state index in [1.54, 1.807) is 6.92 Å². The quantitative estimate of drug-likeness (QED) is 0.516. The van der Waals surface area contributed by atoms with Crippen LogP contribution in [-0.2, 0) is 9.59 Å². The summed E-state index contributed by atoms with van der Waals surface area (Å²) in [7, 11) is 0. The monoisotopic (exact) mass is 515 g/mol. The maximum Gasteiger partial charge on any atom is 0.223 e. The average molecular weight is 517 g/mol. The molecule has 0 radical (unpaired) electrons. The molecule has 0 saturated carbocycles. The molecule has 0 aromatic heterocycles. The topological polar surface area (TPSA) is 43.9 Å². The predicted molar refractivity (Wildman–Crippen MR) is 142 cm³/mol. The van der Waals surface area contributed by atoms with Gasteiger partial charge in [0.15, 0.2) is 0 Å². The molecule has 0 aliphatic carbocycles. The van der Waals surface area contributed by atoms with Crippen molar-refractivity contribution in [1.29, 1.82) is 0 Å². The smallest absolute Gasteiger partial charge is 0.223 e. The number of piperazine rings is 1. The van der Waals surface area contributed by atoms with E-state index >= 15 is 0 Å². The van der Waals surface area contributed by atoms with Crippen molar-refractivity contribution in [2.24, 2.45) is 5.92 Å². The Bertz CT molecular complexity index is 962. The van der Waals surface area contributed by atoms with Crippen LogP contribution in [0, 0.1) is 5.92 Å². The van der Waals surface area contributed by atoms with Gasteiger partial charge in [-0.05, 0) is 68.0 Å². The zero-order valence-corrected chi connectivity index (χ0v) is 22.3. The van der Waals surface area contributed by atoms with Crippen molar-refractivity contribution in [2.45, 2.75) is 58.2 Å². The largest absolute Gasteiger partial charge is 0.343 e. The first-order valence-corrected chi connectivity index (χ1v) is 13.3. The minimum absolute atomic E-state index is 0.0580. The second-order valence-corrected chi connectivity index (χ2v) is 11.0. The molecule has 2 fully saturated rings. The van der Waals surface area contributed by atoms with E-state index in [4.69, 9.17) is 23.2 Å². The van der Waals surface area contributed by atoms with Gasteiger partial charge >= 0.3 is 0 Å². The Morgan fingerprint density at radius 1 is 0.857 bits per heavy atom. The van der Waals surface area contributed by atoms with Crippen molar-refractivity contribution in [2.75, 3.05) is 26.2 Å². The molecule has 5 nitrogen and oxygen atoms in total. The van der Waals surface area contributed by atoms with Gasteiger partial charge in [0.2, 0.25) is 11.8 Å². The lowest BCUT2D eigenvalue weighted by molar-refractivity contribution is -0.141. The fourth-order valence-electron chi connectivity index (χ4n) is 5.77. The molecule has 0 unspecified atom stereocenters. The van der Waals surface area contributed by atoms with E-state index in [9.17, 15) is 9.59 Å². The van der Waals surface area contributed by atoms with Gasteiger partial charge in [-0.1, -0.05) is 47.5 Å². The molecule has 0 N–H and O–H groups in total. The van der Waals surface area contributed by atoms with E-state index < -0.39 is 0 Å². The van der Waals surface area contributed by atoms with Gasteiger partial charge in [0.25, 0.3) is 0 Å². The summed E-state index contributed by atoms with van der Waals surface area (Å²) in [5.41, 5.74) is 2.35. The Hall–Kier alpha value is -2.08. The third kappa shape index (κ3) is 6.19. The molecule has 2 aliphatic heterocycles. The number of rotatable bonds is 5. The minimum atomic E-state index is 0.0580. The summed E-state index contributed by atoms with van der Waals surface area (Å²) in [5.74, 6) is 0.718. The third-order valence-corrected chi connectivity index (χ3v) is 8.00. The SMILES string of the molecule is CC(=O)N1CCC(CC(=O)N2[C@H](C)CN(C(c3ccc(Cl)cc3)c3ccc(Cl)cc3)C[C@@H]2C)CC1. The molecular weight excluding hydrogens is 481 g/mol. The van der Waals surface area contributed by atoms with Crippen LogP contribution in [0.25, 0.3) is 0 Å². The fourth-order valence-corrected chi connectivity index (χ4v) is 6.03. The van der Waals surface area contributed by atoms with Gasteiger partial charge in [0.1, 0.15) is 0 Å². The molecule has 2 heterocycles. The summed E-state index contributed by atoms with van der Waals surface area (Å²) in [5, 5.41) is 1.43. The molecule has 2 aromatic carbocycles. The standard InChI is InChI=1S/C28H35Cl2N3O2/c1-19-17-32(28(23-4-8-25(29)9-5-23)24-6-10-26(30)11-7-24)18-20(2)33(19)27(35)16-22-12-14-31(15-13-22)21(3)34/h4-11,19-20,22,28H,12-18H2,1-3H3/t19-,20+. The number of hydrogen-bond donors (Lipinski definition) is 0. The maximum atomic E-state index is 13.4. The number of halogens is 2. The van der Waals surface area contributed by atoms with Crippen LogP contribution in [0.15, 0.2) is 48.5 Å². The van der Waals surface area contributed by atoms with Gasteiger partial charge in [0.05, 0.1) is 6.04 Å². The van der Waals surface area contributed by atoms with Crippen LogP contribution >= 0.6 is 23.2 Å². The number of carbonyl (C=O) groups excluding carboxylic acids is 2. The van der Waals surface area contributed by atoms with Crippen LogP contribution in [0.5, 0.6) is 0 Å². The summed E-state index contributed by atoms with van der Waals surface area (Å²) in [6, 6.07) is 16.3. The second kappa shape index (κ2) is 11.3. The summed E-state index contributed by atoms with van der Waals surface area (Å²) in [6.07, 6.45) is 2.38. The molecule has 4 rings (SSSR count). The predicted octanol–water partition coefficient (Wildman–Crippen LogP) is 5.65. The summed E-state index contributed by atoms with van der Waals surface area (Å²) in [4.78, 5) is 31.5. The maximum absolute atomic E-state index is 13.4. The van der Waals surface area contributed by atoms with Crippen molar-refractivity contribution in [1.82, 2.24) is 14.7 Å². The first kappa shape index (κ1) is 26.0. The van der Waals surface area contributed by atoms with Gasteiger partial charge in [-0.3, -0.25) is 14.5 Å². The zero-order valence-electron chi connectivity index (χ0n) is 20.8. The molecule has 2 amide bonds. The van der Waals surface area contributed by atoms with E-state index in [2.05, 4.69) is 47.9 Å². The van der Waals surface area contributed by atoms with E-state index in [0.29, 0.717) is 12.3 Å². The molecule has 7 heteroatoms. The summed E-state index contributed by atoms with van der Waals surface area (Å²) in [6.45, 7) is 9.02. The van der Waals surface area contributed by atoms with Crippen LogP contribution in [0.3, 0.4) is 0 Å². The molecule has 2 aromatic rings. The van der Waals surface area contributed by atoms with Crippen molar-refractivity contribution >= 4 is 35.0 Å². The Kier molecular flexibility index (Phi) is 8.41. The van der Waals surface area contributed by atoms with E-state index in [1.807, 2.05) is 29.2 Å². The number of hydrogen-bond acceptors (Lipinski definition) is 3. The Labute approximate surface area is 219 Å². The molecule has 188 valence electrons. The van der Waals surface area contributed by atoms with Crippen molar-refractivity contribution in [3.05, 3.63) is 69.7 Å². The van der Waals surface area contributed by atoms with Gasteiger partial charge in [-0.15, -0.1) is 0 Å². The highest BCUT2D eigenvalue weighted by atomic mass is 35.5. The summed E-state index contributed by atoms with van der Waals surface area (Å²) < 4.78 is 0. The number of benzene rings is 2. The first-order chi connectivity index (χ1) is 16.7. The average Bonchev–Trinajstić information content (AvgIpc) is 2.81. The van der Waals surface area contributed by atoms with Gasteiger partial charge < -0.3 is 9.80 Å². The normalized spacial score (nSPS) is 22.0. The molecular formula is C28H35Cl2N3O2. The van der Waals surface area contributed by atoms with Crippen molar-refractivity contribution in [3.8, 4) is 0 Å². The van der Waals surface area contributed by atoms with Crippen LogP contribution in [0.4, 0.5) is 0 Å². The highest BCUT2D eigenvalue weighted by Crippen LogP contribution is 2.34. The molecule has 0 spiro atoms. The van der Waals surface area contributed by atoms with Crippen LogP contribution in [-0.4, -0.2) is 64.8 Å². The third-order valence-electron chi connectivity index (χ3n) is 7.49. The number of piperidine rings is 1. The first-order valence-electron chi connectivity index (χ1n) is 12.5. The Balaban J connectivity index is 1.47. The number of amides is 2. The fraction of sp³-hybridized carbons (Fsp3) is 0.500. The van der Waals surface area contributed by atoms with E-state index in [0.717, 1.165) is 49.1 Å². The highest BCUT2D eigenvalue weighted by molar-refractivity contribution is 6.30.